The smallest absolute Gasteiger partial charge is 0.287 e. The number of hydrogen-bond acceptors (Lipinski definition) is 2. The maximum absolute atomic E-state index is 11.9. The summed E-state index contributed by atoms with van der Waals surface area (Å²) in [4.78, 5) is 12.1. The molecule has 90 valence electrons. The third kappa shape index (κ3) is 3.11. The molecule has 1 N–H and O–H groups in total. The normalized spacial score (nSPS) is 13.6. The van der Waals surface area contributed by atoms with Crippen LogP contribution in [0.2, 0.25) is 0 Å². The lowest BCUT2D eigenvalue weighted by Crippen LogP contribution is -2.48. The lowest BCUT2D eigenvalue weighted by Gasteiger charge is -2.28. The van der Waals surface area contributed by atoms with E-state index in [1.165, 1.54) is 0 Å². The molecule has 0 aliphatic heterocycles. The lowest BCUT2D eigenvalue weighted by molar-refractivity contribution is 0.0883. The van der Waals surface area contributed by atoms with Crippen LogP contribution in [0.4, 0.5) is 0 Å². The van der Waals surface area contributed by atoms with E-state index in [-0.39, 0.29) is 16.3 Å². The number of carbonyl (C=O) groups excluding carboxylic acids is 1. The Morgan fingerprint density at radius 3 is 2.62 bits per heavy atom. The van der Waals surface area contributed by atoms with E-state index < -0.39 is 0 Å². The molecule has 1 atom stereocenters. The first-order valence-electron chi connectivity index (χ1n) is 5.42. The molecule has 3 nitrogen and oxygen atoms in total. The Labute approximate surface area is 105 Å². The van der Waals surface area contributed by atoms with Crippen LogP contribution in [0.3, 0.4) is 0 Å². The van der Waals surface area contributed by atoms with Gasteiger partial charge in [0.15, 0.2) is 5.76 Å². The van der Waals surface area contributed by atoms with Gasteiger partial charge in [0, 0.05) is 16.8 Å². The predicted molar refractivity (Wildman–Crippen MR) is 68.0 cm³/mol. The number of nitrogens with one attached hydrogen (secondary N) is 1. The molecule has 0 aliphatic rings. The van der Waals surface area contributed by atoms with Crippen molar-refractivity contribution in [2.75, 3.05) is 0 Å². The summed E-state index contributed by atoms with van der Waals surface area (Å²) in [5.41, 5.74) is -0.309. The fourth-order valence-electron chi connectivity index (χ4n) is 1.14. The van der Waals surface area contributed by atoms with Crippen molar-refractivity contribution in [1.82, 2.24) is 5.32 Å². The van der Waals surface area contributed by atoms with Crippen molar-refractivity contribution in [3.05, 3.63) is 23.7 Å². The molecule has 1 aromatic rings. The van der Waals surface area contributed by atoms with E-state index in [1.54, 1.807) is 6.07 Å². The van der Waals surface area contributed by atoms with Crippen LogP contribution in [0, 0.1) is 0 Å². The summed E-state index contributed by atoms with van der Waals surface area (Å²) in [6, 6.07) is 3.54. The SMILES string of the molecule is CCc1ccc(C(=O)NC(C)(C)C(C)Br)o1. The third-order valence-electron chi connectivity index (χ3n) is 2.66. The fraction of sp³-hybridized carbons (Fsp3) is 0.583. The first-order chi connectivity index (χ1) is 7.36. The van der Waals surface area contributed by atoms with E-state index in [9.17, 15) is 4.79 Å². The van der Waals surface area contributed by atoms with Gasteiger partial charge >= 0.3 is 0 Å². The number of hydrogen-bond donors (Lipinski definition) is 1. The minimum Gasteiger partial charge on any atom is -0.456 e. The van der Waals surface area contributed by atoms with Crippen LogP contribution in [0.25, 0.3) is 0 Å². The van der Waals surface area contributed by atoms with E-state index in [1.807, 2.05) is 33.8 Å². The molecule has 4 heteroatoms. The summed E-state index contributed by atoms with van der Waals surface area (Å²) < 4.78 is 5.39. The highest BCUT2D eigenvalue weighted by Gasteiger charge is 2.27. The lowest BCUT2D eigenvalue weighted by atomic mass is 10.0. The second-order valence-corrected chi connectivity index (χ2v) is 5.78. The standard InChI is InChI=1S/C12H18BrNO2/c1-5-9-6-7-10(16-9)11(15)14-12(3,4)8(2)13/h6-8H,5H2,1-4H3,(H,14,15). The Balaban J connectivity index is 2.72. The minimum atomic E-state index is -0.309. The van der Waals surface area contributed by atoms with Crippen molar-refractivity contribution in [1.29, 1.82) is 0 Å². The van der Waals surface area contributed by atoms with E-state index in [2.05, 4.69) is 21.2 Å². The molecule has 0 aromatic carbocycles. The summed E-state index contributed by atoms with van der Waals surface area (Å²) in [5.74, 6) is 1.03. The molecule has 1 unspecified atom stereocenters. The fourth-order valence-corrected chi connectivity index (χ4v) is 1.26. The highest BCUT2D eigenvalue weighted by atomic mass is 79.9. The van der Waals surface area contributed by atoms with E-state index >= 15 is 0 Å². The molecule has 0 fully saturated rings. The van der Waals surface area contributed by atoms with Crippen LogP contribution in [0.15, 0.2) is 16.5 Å². The zero-order chi connectivity index (χ0) is 12.3. The topological polar surface area (TPSA) is 42.2 Å². The maximum Gasteiger partial charge on any atom is 0.287 e. The van der Waals surface area contributed by atoms with Crippen molar-refractivity contribution < 1.29 is 9.21 Å². The molecular formula is C12H18BrNO2. The van der Waals surface area contributed by atoms with Gasteiger partial charge in [-0.2, -0.15) is 0 Å². The van der Waals surface area contributed by atoms with Crippen LogP contribution in [-0.2, 0) is 6.42 Å². The highest BCUT2D eigenvalue weighted by Crippen LogP contribution is 2.18. The number of furan rings is 1. The third-order valence-corrected chi connectivity index (χ3v) is 3.81. The van der Waals surface area contributed by atoms with Gasteiger partial charge in [0.2, 0.25) is 0 Å². The summed E-state index contributed by atoms with van der Waals surface area (Å²) in [6.07, 6.45) is 0.797. The number of carbonyl (C=O) groups is 1. The summed E-state index contributed by atoms with van der Waals surface area (Å²) >= 11 is 3.47. The van der Waals surface area contributed by atoms with Crippen molar-refractivity contribution in [2.24, 2.45) is 0 Å². The first-order valence-corrected chi connectivity index (χ1v) is 6.33. The number of halogens is 1. The molecule has 0 radical (unpaired) electrons. The van der Waals surface area contributed by atoms with Gasteiger partial charge in [0.1, 0.15) is 5.76 Å². The largest absolute Gasteiger partial charge is 0.456 e. The minimum absolute atomic E-state index is 0.170. The Morgan fingerprint density at radius 2 is 2.19 bits per heavy atom. The van der Waals surface area contributed by atoms with Gasteiger partial charge in [-0.15, -0.1) is 0 Å². The van der Waals surface area contributed by atoms with Gasteiger partial charge in [-0.1, -0.05) is 29.8 Å². The molecule has 1 amide bonds. The van der Waals surface area contributed by atoms with Gasteiger partial charge in [-0.05, 0) is 26.0 Å². The average molecular weight is 288 g/mol. The molecule has 0 spiro atoms. The monoisotopic (exact) mass is 287 g/mol. The van der Waals surface area contributed by atoms with Crippen LogP contribution in [0.5, 0.6) is 0 Å². The van der Waals surface area contributed by atoms with E-state index in [0.717, 1.165) is 12.2 Å². The second kappa shape index (κ2) is 5.04. The number of rotatable bonds is 4. The second-order valence-electron chi connectivity index (χ2n) is 4.41. The maximum atomic E-state index is 11.9. The van der Waals surface area contributed by atoms with Gasteiger partial charge in [0.05, 0.1) is 0 Å². The molecule has 0 saturated heterocycles. The van der Waals surface area contributed by atoms with Crippen LogP contribution in [0.1, 0.15) is 44.0 Å². The van der Waals surface area contributed by atoms with Crippen LogP contribution < -0.4 is 5.32 Å². The van der Waals surface area contributed by atoms with Crippen molar-refractivity contribution in [3.8, 4) is 0 Å². The number of alkyl halides is 1. The van der Waals surface area contributed by atoms with Crippen LogP contribution >= 0.6 is 15.9 Å². The average Bonchev–Trinajstić information content (AvgIpc) is 2.64. The van der Waals surface area contributed by atoms with Gasteiger partial charge in [0.25, 0.3) is 5.91 Å². The molecule has 1 rings (SSSR count). The van der Waals surface area contributed by atoms with Gasteiger partial charge in [-0.3, -0.25) is 4.79 Å². The van der Waals surface area contributed by atoms with E-state index in [4.69, 9.17) is 4.42 Å². The molecular weight excluding hydrogens is 270 g/mol. The Bertz CT molecular complexity index is 369. The molecule has 0 aliphatic carbocycles. The molecule has 16 heavy (non-hydrogen) atoms. The Morgan fingerprint density at radius 1 is 1.56 bits per heavy atom. The molecule has 1 aromatic heterocycles. The molecule has 1 heterocycles. The summed E-state index contributed by atoms with van der Waals surface area (Å²) in [5, 5.41) is 2.93. The van der Waals surface area contributed by atoms with Gasteiger partial charge < -0.3 is 9.73 Å². The number of aryl methyl sites for hydroxylation is 1. The van der Waals surface area contributed by atoms with Crippen LogP contribution in [-0.4, -0.2) is 16.3 Å². The Kier molecular flexibility index (Phi) is 4.19. The first kappa shape index (κ1) is 13.3. The van der Waals surface area contributed by atoms with E-state index in [0.29, 0.717) is 5.76 Å². The zero-order valence-electron chi connectivity index (χ0n) is 10.1. The predicted octanol–water partition coefficient (Wildman–Crippen LogP) is 3.13. The highest BCUT2D eigenvalue weighted by molar-refractivity contribution is 9.09. The van der Waals surface area contributed by atoms with Crippen molar-refractivity contribution >= 4 is 21.8 Å². The van der Waals surface area contributed by atoms with Gasteiger partial charge in [-0.25, -0.2) is 0 Å². The quantitative estimate of drug-likeness (QED) is 0.865. The van der Waals surface area contributed by atoms with Crippen molar-refractivity contribution in [2.45, 2.75) is 44.5 Å². The zero-order valence-corrected chi connectivity index (χ0v) is 11.7. The Hall–Kier alpha value is -0.770. The van der Waals surface area contributed by atoms with Crippen molar-refractivity contribution in [3.63, 3.8) is 0 Å². The number of amides is 1. The summed E-state index contributed by atoms with van der Waals surface area (Å²) in [6.45, 7) is 7.92. The summed E-state index contributed by atoms with van der Waals surface area (Å²) in [7, 11) is 0. The molecule has 0 bridgehead atoms. The molecule has 0 saturated carbocycles.